The second kappa shape index (κ2) is 6.63. The van der Waals surface area contributed by atoms with Gasteiger partial charge in [-0.2, -0.15) is 0 Å². The van der Waals surface area contributed by atoms with Gasteiger partial charge in [0.1, 0.15) is 0 Å². The van der Waals surface area contributed by atoms with Crippen molar-refractivity contribution in [2.24, 2.45) is 5.92 Å². The molecule has 2 atom stereocenters. The van der Waals surface area contributed by atoms with Crippen molar-refractivity contribution in [1.29, 1.82) is 0 Å². The van der Waals surface area contributed by atoms with Crippen LogP contribution in [0.5, 0.6) is 0 Å². The molecule has 0 aromatic heterocycles. The maximum Gasteiger partial charge on any atom is 0.192 e. The molecule has 0 radical (unpaired) electrons. The Morgan fingerprint density at radius 2 is 1.64 bits per heavy atom. The summed E-state index contributed by atoms with van der Waals surface area (Å²) >= 11 is 0. The Labute approximate surface area is 169 Å². The molecule has 0 unspecified atom stereocenters. The summed E-state index contributed by atoms with van der Waals surface area (Å²) in [7, 11) is -1.82. The molecule has 0 spiro atoms. The highest BCUT2D eigenvalue weighted by atomic mass is 28.4. The summed E-state index contributed by atoms with van der Waals surface area (Å²) in [5.74, 6) is 0.192. The lowest BCUT2D eigenvalue weighted by atomic mass is 9.67. The molecule has 0 aliphatic heterocycles. The average Bonchev–Trinajstić information content (AvgIpc) is 2.64. The molecular formula is C24H30O3Si. The Morgan fingerprint density at radius 1 is 1.00 bits per heavy atom. The number of allylic oxidation sites excluding steroid dienone is 3. The van der Waals surface area contributed by atoms with Crippen LogP contribution in [0.25, 0.3) is 0 Å². The molecule has 3 aliphatic carbocycles. The van der Waals surface area contributed by atoms with Crippen molar-refractivity contribution in [2.45, 2.75) is 70.7 Å². The summed E-state index contributed by atoms with van der Waals surface area (Å²) in [6, 6.07) is 7.26. The van der Waals surface area contributed by atoms with E-state index in [4.69, 9.17) is 4.43 Å². The molecule has 3 aliphatic rings. The van der Waals surface area contributed by atoms with Crippen molar-refractivity contribution < 1.29 is 14.0 Å². The molecule has 1 aromatic rings. The van der Waals surface area contributed by atoms with Gasteiger partial charge >= 0.3 is 0 Å². The van der Waals surface area contributed by atoms with Crippen LogP contribution in [-0.2, 0) is 4.43 Å². The Balaban J connectivity index is 1.58. The highest BCUT2D eigenvalue weighted by Crippen LogP contribution is 2.46. The van der Waals surface area contributed by atoms with E-state index in [1.54, 1.807) is 12.1 Å². The Hall–Kier alpha value is -1.78. The Morgan fingerprint density at radius 3 is 2.29 bits per heavy atom. The van der Waals surface area contributed by atoms with Gasteiger partial charge in [-0.3, -0.25) is 9.59 Å². The van der Waals surface area contributed by atoms with Crippen LogP contribution in [-0.4, -0.2) is 26.0 Å². The first-order valence-corrected chi connectivity index (χ1v) is 13.3. The van der Waals surface area contributed by atoms with E-state index in [2.05, 4.69) is 39.9 Å². The number of Topliss-reactive ketones (excluding diaryl/α,β-unsaturated/α-hetero) is 2. The van der Waals surface area contributed by atoms with Crippen molar-refractivity contribution in [3.8, 4) is 0 Å². The van der Waals surface area contributed by atoms with Gasteiger partial charge in [-0.05, 0) is 43.8 Å². The van der Waals surface area contributed by atoms with Gasteiger partial charge < -0.3 is 4.43 Å². The molecule has 148 valence electrons. The van der Waals surface area contributed by atoms with Crippen LogP contribution in [0.3, 0.4) is 0 Å². The van der Waals surface area contributed by atoms with Gasteiger partial charge in [0.15, 0.2) is 19.9 Å². The van der Waals surface area contributed by atoms with Gasteiger partial charge in [-0.15, -0.1) is 0 Å². The molecule has 0 saturated heterocycles. The first-order valence-electron chi connectivity index (χ1n) is 10.4. The minimum Gasteiger partial charge on any atom is -0.414 e. The lowest BCUT2D eigenvalue weighted by molar-refractivity contribution is 0.0952. The third-order valence-corrected chi connectivity index (χ3v) is 11.7. The fourth-order valence-electron chi connectivity index (χ4n) is 4.55. The second-order valence-corrected chi connectivity index (χ2v) is 14.7. The van der Waals surface area contributed by atoms with E-state index in [-0.39, 0.29) is 28.6 Å². The van der Waals surface area contributed by atoms with E-state index >= 15 is 0 Å². The zero-order valence-electron chi connectivity index (χ0n) is 17.6. The van der Waals surface area contributed by atoms with E-state index in [1.165, 1.54) is 5.57 Å². The average molecular weight is 395 g/mol. The normalized spacial score (nSPS) is 25.1. The van der Waals surface area contributed by atoms with Gasteiger partial charge in [0, 0.05) is 34.3 Å². The van der Waals surface area contributed by atoms with Gasteiger partial charge in [-0.1, -0.05) is 56.7 Å². The van der Waals surface area contributed by atoms with Gasteiger partial charge in [0.25, 0.3) is 0 Å². The van der Waals surface area contributed by atoms with Crippen LogP contribution in [0.2, 0.25) is 18.1 Å². The molecule has 28 heavy (non-hydrogen) atoms. The fraction of sp³-hybridized carbons (Fsp3) is 0.500. The van der Waals surface area contributed by atoms with Crippen molar-refractivity contribution in [3.05, 3.63) is 58.2 Å². The molecule has 1 aromatic carbocycles. The lowest BCUT2D eigenvalue weighted by Gasteiger charge is -2.43. The van der Waals surface area contributed by atoms with Crippen LogP contribution < -0.4 is 0 Å². The van der Waals surface area contributed by atoms with E-state index < -0.39 is 8.32 Å². The zero-order chi connectivity index (χ0) is 20.3. The van der Waals surface area contributed by atoms with Crippen LogP contribution >= 0.6 is 0 Å². The van der Waals surface area contributed by atoms with Gasteiger partial charge in [-0.25, -0.2) is 0 Å². The summed E-state index contributed by atoms with van der Waals surface area (Å²) in [6.07, 6.45) is 5.74. The van der Waals surface area contributed by atoms with Crippen LogP contribution in [0.1, 0.15) is 67.2 Å². The number of carbonyl (C=O) groups is 2. The van der Waals surface area contributed by atoms with Gasteiger partial charge in [0.05, 0.1) is 0 Å². The molecule has 4 rings (SSSR count). The third kappa shape index (κ3) is 3.07. The Kier molecular flexibility index (Phi) is 4.63. The number of rotatable bonds is 2. The summed E-state index contributed by atoms with van der Waals surface area (Å²) in [5, 5.41) is 0.190. The standard InChI is InChI=1S/C24H30O3Si/c1-24(2,3)28(4,5)27-16-11-13-17-15(14-16)10-12-20-21(17)23(26)19-9-7-6-8-18(19)22(20)25/h6-10,16-17H,11-14H2,1-5H3/t16-,17-/m0/s1. The smallest absolute Gasteiger partial charge is 0.192 e. The number of hydrogen-bond donors (Lipinski definition) is 0. The van der Waals surface area contributed by atoms with Crippen molar-refractivity contribution in [2.75, 3.05) is 0 Å². The number of benzene rings is 1. The van der Waals surface area contributed by atoms with Crippen LogP contribution in [0.15, 0.2) is 47.1 Å². The second-order valence-electron chi connectivity index (χ2n) is 9.91. The molecule has 0 heterocycles. The van der Waals surface area contributed by atoms with E-state index in [0.717, 1.165) is 30.4 Å². The topological polar surface area (TPSA) is 43.4 Å². The molecular weight excluding hydrogens is 364 g/mol. The Bertz CT molecular complexity index is 914. The minimum absolute atomic E-state index is 0.0418. The van der Waals surface area contributed by atoms with Crippen molar-refractivity contribution in [3.63, 3.8) is 0 Å². The minimum atomic E-state index is -1.82. The zero-order valence-corrected chi connectivity index (χ0v) is 18.6. The number of ketones is 2. The fourth-order valence-corrected chi connectivity index (χ4v) is 5.93. The predicted molar refractivity (Wildman–Crippen MR) is 114 cm³/mol. The highest BCUT2D eigenvalue weighted by molar-refractivity contribution is 6.74. The quantitative estimate of drug-likeness (QED) is 0.464. The number of fused-ring (bicyclic) bond motifs is 3. The maximum atomic E-state index is 13.2. The summed E-state index contributed by atoms with van der Waals surface area (Å²) in [5.41, 5.74) is 3.94. The number of carbonyl (C=O) groups excluding carboxylic acids is 2. The van der Waals surface area contributed by atoms with Gasteiger partial charge in [0.2, 0.25) is 0 Å². The van der Waals surface area contributed by atoms with E-state index in [9.17, 15) is 9.59 Å². The summed E-state index contributed by atoms with van der Waals surface area (Å²) in [4.78, 5) is 26.2. The number of hydrogen-bond acceptors (Lipinski definition) is 3. The SMILES string of the molecule is CC(C)(C)[Si](C)(C)O[C@H]1CC[C@H]2C(=CCC3=C2C(=O)c2ccccc2C3=O)C1. The first-order chi connectivity index (χ1) is 13.1. The molecule has 0 N–H and O–H groups in total. The molecule has 1 fully saturated rings. The molecule has 0 bridgehead atoms. The summed E-state index contributed by atoms with van der Waals surface area (Å²) < 4.78 is 6.66. The largest absolute Gasteiger partial charge is 0.414 e. The predicted octanol–water partition coefficient (Wildman–Crippen LogP) is 5.88. The van der Waals surface area contributed by atoms with Crippen molar-refractivity contribution >= 4 is 19.9 Å². The maximum absolute atomic E-state index is 13.2. The van der Waals surface area contributed by atoms with E-state index in [1.807, 2.05) is 12.1 Å². The van der Waals surface area contributed by atoms with Crippen LogP contribution in [0.4, 0.5) is 0 Å². The molecule has 4 heteroatoms. The first kappa shape index (κ1) is 19.5. The summed E-state index contributed by atoms with van der Waals surface area (Å²) in [6.45, 7) is 11.4. The van der Waals surface area contributed by atoms with Crippen molar-refractivity contribution in [1.82, 2.24) is 0 Å². The van der Waals surface area contributed by atoms with Crippen LogP contribution in [0, 0.1) is 5.92 Å². The monoisotopic (exact) mass is 394 g/mol. The third-order valence-electron chi connectivity index (χ3n) is 7.13. The lowest BCUT2D eigenvalue weighted by Crippen LogP contribution is -2.45. The van der Waals surface area contributed by atoms with E-state index in [0.29, 0.717) is 17.5 Å². The molecule has 0 amide bonds. The molecule has 1 saturated carbocycles. The molecule has 3 nitrogen and oxygen atoms in total. The highest BCUT2D eigenvalue weighted by Gasteiger charge is 2.44.